The Morgan fingerprint density at radius 3 is 2.40 bits per heavy atom. The van der Waals surface area contributed by atoms with E-state index in [1.54, 1.807) is 6.92 Å². The van der Waals surface area contributed by atoms with E-state index < -0.39 is 23.6 Å². The van der Waals surface area contributed by atoms with E-state index in [4.69, 9.17) is 11.6 Å². The van der Waals surface area contributed by atoms with Crippen molar-refractivity contribution in [2.24, 2.45) is 0 Å². The third-order valence-electron chi connectivity index (χ3n) is 3.72. The van der Waals surface area contributed by atoms with Gasteiger partial charge >= 0.3 is 0 Å². The van der Waals surface area contributed by atoms with Crippen LogP contribution in [0.3, 0.4) is 0 Å². The first-order valence-corrected chi connectivity index (χ1v) is 8.30. The van der Waals surface area contributed by atoms with Crippen LogP contribution in [-0.2, 0) is 0 Å². The standard InChI is InChI=1S/C17H11BrClF3N2O/c1-8-15(16(25)11-4-2-9(20)6-12(11)19)24(17(18)23-8)14-5-3-10(21)7-13(14)22/h2-7,16,25H,1H3. The van der Waals surface area contributed by atoms with Gasteiger partial charge in [-0.2, -0.15) is 0 Å². The average molecular weight is 432 g/mol. The van der Waals surface area contributed by atoms with E-state index in [2.05, 4.69) is 20.9 Å². The lowest BCUT2D eigenvalue weighted by atomic mass is 10.0. The number of aliphatic hydroxyl groups excluding tert-OH is 1. The molecule has 8 heteroatoms. The zero-order valence-electron chi connectivity index (χ0n) is 12.8. The summed E-state index contributed by atoms with van der Waals surface area (Å²) < 4.78 is 42.2. The van der Waals surface area contributed by atoms with E-state index in [0.29, 0.717) is 5.69 Å². The first-order chi connectivity index (χ1) is 11.8. The Hall–Kier alpha value is -1.83. The van der Waals surface area contributed by atoms with Gasteiger partial charge in [0.2, 0.25) is 0 Å². The minimum Gasteiger partial charge on any atom is -0.382 e. The first-order valence-electron chi connectivity index (χ1n) is 7.12. The van der Waals surface area contributed by atoms with Gasteiger partial charge < -0.3 is 5.11 Å². The highest BCUT2D eigenvalue weighted by molar-refractivity contribution is 9.10. The van der Waals surface area contributed by atoms with Crippen molar-refractivity contribution in [2.75, 3.05) is 0 Å². The molecule has 0 aliphatic rings. The van der Waals surface area contributed by atoms with Gasteiger partial charge in [0.25, 0.3) is 0 Å². The Balaban J connectivity index is 2.20. The Kier molecular flexibility index (Phi) is 4.90. The number of imidazole rings is 1. The molecule has 3 rings (SSSR count). The number of aliphatic hydroxyl groups is 1. The van der Waals surface area contributed by atoms with Crippen molar-refractivity contribution in [1.29, 1.82) is 0 Å². The second-order valence-corrected chi connectivity index (χ2v) is 6.47. The monoisotopic (exact) mass is 430 g/mol. The van der Waals surface area contributed by atoms with Gasteiger partial charge in [-0.25, -0.2) is 18.2 Å². The maximum atomic E-state index is 14.2. The summed E-state index contributed by atoms with van der Waals surface area (Å²) in [6.45, 7) is 1.62. The maximum Gasteiger partial charge on any atom is 0.182 e. The molecule has 0 bridgehead atoms. The summed E-state index contributed by atoms with van der Waals surface area (Å²) in [7, 11) is 0. The highest BCUT2D eigenvalue weighted by atomic mass is 79.9. The van der Waals surface area contributed by atoms with Crippen LogP contribution in [0.25, 0.3) is 5.69 Å². The molecule has 0 saturated heterocycles. The van der Waals surface area contributed by atoms with Crippen molar-refractivity contribution in [3.8, 4) is 5.69 Å². The highest BCUT2D eigenvalue weighted by Crippen LogP contribution is 2.34. The highest BCUT2D eigenvalue weighted by Gasteiger charge is 2.25. The van der Waals surface area contributed by atoms with Crippen molar-refractivity contribution >= 4 is 27.5 Å². The van der Waals surface area contributed by atoms with Crippen LogP contribution < -0.4 is 0 Å². The average Bonchev–Trinajstić information content (AvgIpc) is 2.81. The second-order valence-electron chi connectivity index (χ2n) is 5.35. The molecule has 0 saturated carbocycles. The molecule has 3 aromatic rings. The molecule has 1 N–H and O–H groups in total. The van der Waals surface area contributed by atoms with Crippen LogP contribution in [0.2, 0.25) is 5.02 Å². The van der Waals surface area contributed by atoms with Gasteiger partial charge in [0.1, 0.15) is 23.6 Å². The smallest absolute Gasteiger partial charge is 0.182 e. The number of nitrogens with zero attached hydrogens (tertiary/aromatic N) is 2. The second kappa shape index (κ2) is 6.82. The molecule has 25 heavy (non-hydrogen) atoms. The van der Waals surface area contributed by atoms with Crippen molar-refractivity contribution in [2.45, 2.75) is 13.0 Å². The third-order valence-corrected chi connectivity index (χ3v) is 4.58. The quantitative estimate of drug-likeness (QED) is 0.627. The van der Waals surface area contributed by atoms with Gasteiger partial charge in [0.15, 0.2) is 4.73 Å². The molecular weight excluding hydrogens is 421 g/mol. The van der Waals surface area contributed by atoms with Crippen LogP contribution in [0, 0.1) is 24.4 Å². The molecule has 0 amide bonds. The van der Waals surface area contributed by atoms with Crippen molar-refractivity contribution < 1.29 is 18.3 Å². The van der Waals surface area contributed by atoms with Gasteiger partial charge in [-0.15, -0.1) is 0 Å². The lowest BCUT2D eigenvalue weighted by molar-refractivity contribution is 0.212. The van der Waals surface area contributed by atoms with E-state index >= 15 is 0 Å². The fourth-order valence-corrected chi connectivity index (χ4v) is 3.51. The van der Waals surface area contributed by atoms with Gasteiger partial charge in [-0.1, -0.05) is 17.7 Å². The Morgan fingerprint density at radius 2 is 1.76 bits per heavy atom. The molecule has 0 spiro atoms. The molecule has 1 aromatic heterocycles. The van der Waals surface area contributed by atoms with Gasteiger partial charge in [0.05, 0.1) is 17.1 Å². The normalized spacial score (nSPS) is 12.4. The van der Waals surface area contributed by atoms with Crippen LogP contribution in [0.5, 0.6) is 0 Å². The molecule has 1 unspecified atom stereocenters. The molecule has 0 radical (unpaired) electrons. The predicted octanol–water partition coefficient (Wildman–Crippen LogP) is 5.10. The van der Waals surface area contributed by atoms with Crippen LogP contribution >= 0.6 is 27.5 Å². The summed E-state index contributed by atoms with van der Waals surface area (Å²) in [4.78, 5) is 4.19. The molecule has 1 atom stereocenters. The number of benzene rings is 2. The molecule has 2 aromatic carbocycles. The number of aryl methyl sites for hydroxylation is 1. The Labute approximate surface area is 154 Å². The molecule has 3 nitrogen and oxygen atoms in total. The summed E-state index contributed by atoms with van der Waals surface area (Å²) in [6.07, 6.45) is -1.30. The fraction of sp³-hybridized carbons (Fsp3) is 0.118. The number of aromatic nitrogens is 2. The summed E-state index contributed by atoms with van der Waals surface area (Å²) in [5.74, 6) is -2.09. The van der Waals surface area contributed by atoms with Crippen LogP contribution in [0.1, 0.15) is 23.1 Å². The number of hydrogen-bond acceptors (Lipinski definition) is 2. The van der Waals surface area contributed by atoms with Gasteiger partial charge in [-0.05, 0) is 47.1 Å². The van der Waals surface area contributed by atoms with Crippen LogP contribution in [0.4, 0.5) is 13.2 Å². The third kappa shape index (κ3) is 3.31. The largest absolute Gasteiger partial charge is 0.382 e. The molecule has 0 aliphatic heterocycles. The Bertz CT molecular complexity index is 961. The number of hydrogen-bond donors (Lipinski definition) is 1. The van der Waals surface area contributed by atoms with Gasteiger partial charge in [-0.3, -0.25) is 4.57 Å². The number of rotatable bonds is 3. The zero-order chi connectivity index (χ0) is 18.3. The van der Waals surface area contributed by atoms with E-state index in [9.17, 15) is 18.3 Å². The fourth-order valence-electron chi connectivity index (χ4n) is 2.59. The minimum atomic E-state index is -1.30. The Morgan fingerprint density at radius 1 is 1.12 bits per heavy atom. The van der Waals surface area contributed by atoms with E-state index in [-0.39, 0.29) is 26.7 Å². The summed E-state index contributed by atoms with van der Waals surface area (Å²) in [6, 6.07) is 6.64. The topological polar surface area (TPSA) is 38.0 Å². The minimum absolute atomic E-state index is 0.00107. The van der Waals surface area contributed by atoms with Gasteiger partial charge in [0, 0.05) is 16.7 Å². The SMILES string of the molecule is Cc1nc(Br)n(-c2ccc(F)cc2F)c1C(O)c1ccc(F)cc1Cl. The molecule has 1 heterocycles. The lowest BCUT2D eigenvalue weighted by Gasteiger charge is -2.17. The summed E-state index contributed by atoms with van der Waals surface area (Å²) in [5, 5.41) is 10.8. The number of halogens is 5. The summed E-state index contributed by atoms with van der Waals surface area (Å²) in [5.41, 5.74) is 0.873. The predicted molar refractivity (Wildman–Crippen MR) is 91.4 cm³/mol. The van der Waals surface area contributed by atoms with Crippen LogP contribution in [0.15, 0.2) is 41.1 Å². The van der Waals surface area contributed by atoms with Crippen LogP contribution in [-0.4, -0.2) is 14.7 Å². The lowest BCUT2D eigenvalue weighted by Crippen LogP contribution is -2.11. The van der Waals surface area contributed by atoms with Crippen molar-refractivity contribution in [3.05, 3.63) is 80.6 Å². The zero-order valence-corrected chi connectivity index (χ0v) is 15.1. The van der Waals surface area contributed by atoms with Crippen molar-refractivity contribution in [1.82, 2.24) is 9.55 Å². The first kappa shape index (κ1) is 18.0. The van der Waals surface area contributed by atoms with E-state index in [1.807, 2.05) is 0 Å². The maximum absolute atomic E-state index is 14.2. The molecule has 130 valence electrons. The van der Waals surface area contributed by atoms with E-state index in [1.165, 1.54) is 16.7 Å². The molecule has 0 fully saturated rings. The molecule has 0 aliphatic carbocycles. The molecular formula is C17H11BrClF3N2O. The van der Waals surface area contributed by atoms with Crippen molar-refractivity contribution in [3.63, 3.8) is 0 Å². The van der Waals surface area contributed by atoms with E-state index in [0.717, 1.165) is 24.3 Å². The summed E-state index contributed by atoms with van der Waals surface area (Å²) >= 11 is 9.23.